The number of rotatable bonds is 8. The van der Waals surface area contributed by atoms with Gasteiger partial charge in [0.05, 0.1) is 18.7 Å². The summed E-state index contributed by atoms with van der Waals surface area (Å²) in [5.74, 6) is 0.494. The maximum atomic E-state index is 12.3. The van der Waals surface area contributed by atoms with Crippen LogP contribution >= 0.6 is 11.8 Å². The van der Waals surface area contributed by atoms with Crippen LogP contribution < -0.4 is 10.6 Å². The summed E-state index contributed by atoms with van der Waals surface area (Å²) >= 11 is 1.51. The third-order valence-corrected chi connectivity index (χ3v) is 5.02. The van der Waals surface area contributed by atoms with Gasteiger partial charge in [-0.05, 0) is 5.56 Å². The summed E-state index contributed by atoms with van der Waals surface area (Å²) in [6.07, 6.45) is 1.80. The number of H-pyrrole nitrogens is 1. The first-order valence-electron chi connectivity index (χ1n) is 8.53. The van der Waals surface area contributed by atoms with Gasteiger partial charge in [0.1, 0.15) is 5.03 Å². The van der Waals surface area contributed by atoms with Crippen molar-refractivity contribution >= 4 is 23.6 Å². The Hall–Kier alpha value is -2.39. The largest absolute Gasteiger partial charge is 0.355 e. The Morgan fingerprint density at radius 1 is 1.35 bits per heavy atom. The van der Waals surface area contributed by atoms with E-state index >= 15 is 0 Å². The van der Waals surface area contributed by atoms with Crippen molar-refractivity contribution in [2.24, 2.45) is 0 Å². The zero-order chi connectivity index (χ0) is 18.2. The maximum Gasteiger partial charge on any atom is 0.237 e. The molecule has 26 heavy (non-hydrogen) atoms. The lowest BCUT2D eigenvalue weighted by Gasteiger charge is -2.34. The van der Waals surface area contributed by atoms with Gasteiger partial charge in [0, 0.05) is 31.9 Å². The quantitative estimate of drug-likeness (QED) is 0.457. The summed E-state index contributed by atoms with van der Waals surface area (Å²) in [6, 6.07) is 9.55. The second-order valence-corrected chi connectivity index (χ2v) is 7.09. The SMILES string of the molecule is O=C(C[C@H]1C(=O)NCCN1Cc1ccccc1)NCCSc1cn[nH]n1. The Balaban J connectivity index is 1.48. The Morgan fingerprint density at radius 2 is 2.19 bits per heavy atom. The Kier molecular flexibility index (Phi) is 6.62. The summed E-state index contributed by atoms with van der Waals surface area (Å²) in [4.78, 5) is 26.6. The second kappa shape index (κ2) is 9.35. The highest BCUT2D eigenvalue weighted by Gasteiger charge is 2.31. The molecule has 2 heterocycles. The topological polar surface area (TPSA) is 103 Å². The molecule has 1 aliphatic heterocycles. The van der Waals surface area contributed by atoms with Crippen LogP contribution in [0.2, 0.25) is 0 Å². The van der Waals surface area contributed by atoms with Gasteiger partial charge in [-0.25, -0.2) is 0 Å². The van der Waals surface area contributed by atoms with Crippen molar-refractivity contribution in [1.29, 1.82) is 0 Å². The molecule has 1 saturated heterocycles. The molecule has 1 aromatic carbocycles. The van der Waals surface area contributed by atoms with Gasteiger partial charge in [0.2, 0.25) is 11.8 Å². The van der Waals surface area contributed by atoms with Crippen LogP contribution in [0.3, 0.4) is 0 Å². The molecular weight excluding hydrogens is 352 g/mol. The zero-order valence-electron chi connectivity index (χ0n) is 14.4. The van der Waals surface area contributed by atoms with Crippen LogP contribution in [-0.2, 0) is 16.1 Å². The molecule has 1 aliphatic rings. The molecule has 0 spiro atoms. The number of hydrogen-bond donors (Lipinski definition) is 3. The number of nitrogens with one attached hydrogen (secondary N) is 3. The molecule has 9 heteroatoms. The number of amides is 2. The van der Waals surface area contributed by atoms with E-state index in [1.807, 2.05) is 30.3 Å². The van der Waals surface area contributed by atoms with Gasteiger partial charge in [0.15, 0.2) is 0 Å². The molecule has 3 rings (SSSR count). The first-order valence-corrected chi connectivity index (χ1v) is 9.52. The number of aromatic nitrogens is 3. The second-order valence-electron chi connectivity index (χ2n) is 5.97. The van der Waals surface area contributed by atoms with Crippen molar-refractivity contribution in [3.8, 4) is 0 Å². The highest BCUT2D eigenvalue weighted by molar-refractivity contribution is 7.99. The van der Waals surface area contributed by atoms with Crippen LogP contribution in [0.15, 0.2) is 41.6 Å². The van der Waals surface area contributed by atoms with Gasteiger partial charge < -0.3 is 10.6 Å². The number of hydrogen-bond acceptors (Lipinski definition) is 6. The van der Waals surface area contributed by atoms with Gasteiger partial charge in [0.25, 0.3) is 0 Å². The fourth-order valence-corrected chi connectivity index (χ4v) is 3.49. The highest BCUT2D eigenvalue weighted by Crippen LogP contribution is 2.14. The molecular formula is C17H22N6O2S. The van der Waals surface area contributed by atoms with E-state index in [-0.39, 0.29) is 18.2 Å². The number of aromatic amines is 1. The van der Waals surface area contributed by atoms with Crippen LogP contribution in [0, 0.1) is 0 Å². The molecule has 0 radical (unpaired) electrons. The van der Waals surface area contributed by atoms with E-state index in [0.29, 0.717) is 25.4 Å². The molecule has 8 nitrogen and oxygen atoms in total. The molecule has 0 saturated carbocycles. The molecule has 138 valence electrons. The van der Waals surface area contributed by atoms with Crippen molar-refractivity contribution in [2.75, 3.05) is 25.4 Å². The van der Waals surface area contributed by atoms with Crippen molar-refractivity contribution in [3.05, 3.63) is 42.1 Å². The van der Waals surface area contributed by atoms with Gasteiger partial charge in [-0.3, -0.25) is 14.5 Å². The summed E-state index contributed by atoms with van der Waals surface area (Å²) < 4.78 is 0. The zero-order valence-corrected chi connectivity index (χ0v) is 15.2. The van der Waals surface area contributed by atoms with E-state index in [9.17, 15) is 9.59 Å². The van der Waals surface area contributed by atoms with E-state index in [4.69, 9.17) is 0 Å². The standard InChI is InChI=1S/C17H22N6O2S/c24-15(18-7-9-26-16-11-20-22-21-16)10-14-17(25)19-6-8-23(14)12-13-4-2-1-3-5-13/h1-5,11,14H,6-10,12H2,(H,18,24)(H,19,25)(H,20,21,22)/t14-/m0/s1. The lowest BCUT2D eigenvalue weighted by Crippen LogP contribution is -2.56. The van der Waals surface area contributed by atoms with E-state index in [1.54, 1.807) is 6.20 Å². The number of carbonyl (C=O) groups is 2. The summed E-state index contributed by atoms with van der Waals surface area (Å²) in [5, 5.41) is 16.7. The van der Waals surface area contributed by atoms with Gasteiger partial charge >= 0.3 is 0 Å². The van der Waals surface area contributed by atoms with E-state index in [2.05, 4.69) is 30.9 Å². The molecule has 0 unspecified atom stereocenters. The summed E-state index contributed by atoms with van der Waals surface area (Å²) in [7, 11) is 0. The molecule has 0 aliphatic carbocycles. The van der Waals surface area contributed by atoms with Crippen molar-refractivity contribution in [1.82, 2.24) is 30.9 Å². The van der Waals surface area contributed by atoms with Crippen molar-refractivity contribution < 1.29 is 9.59 Å². The predicted octanol–water partition coefficient (Wildman–Crippen LogP) is 0.404. The van der Waals surface area contributed by atoms with E-state index in [1.165, 1.54) is 11.8 Å². The normalized spacial score (nSPS) is 17.7. The average molecular weight is 374 g/mol. The summed E-state index contributed by atoms with van der Waals surface area (Å²) in [5.41, 5.74) is 1.14. The van der Waals surface area contributed by atoms with Gasteiger partial charge in [-0.2, -0.15) is 10.3 Å². The van der Waals surface area contributed by atoms with Crippen LogP contribution in [0.25, 0.3) is 0 Å². The molecule has 0 bridgehead atoms. The fraction of sp³-hybridized carbons (Fsp3) is 0.412. The third kappa shape index (κ3) is 5.30. The fourth-order valence-electron chi connectivity index (χ4n) is 2.85. The first kappa shape index (κ1) is 18.4. The minimum Gasteiger partial charge on any atom is -0.355 e. The molecule has 2 amide bonds. The van der Waals surface area contributed by atoms with Gasteiger partial charge in [-0.15, -0.1) is 16.9 Å². The number of carbonyl (C=O) groups excluding carboxylic acids is 2. The van der Waals surface area contributed by atoms with Crippen LogP contribution in [-0.4, -0.2) is 63.6 Å². The van der Waals surface area contributed by atoms with Crippen molar-refractivity contribution in [3.63, 3.8) is 0 Å². The first-order chi connectivity index (χ1) is 12.7. The number of thioether (sulfide) groups is 1. The number of benzene rings is 1. The predicted molar refractivity (Wildman–Crippen MR) is 98.4 cm³/mol. The van der Waals surface area contributed by atoms with E-state index in [0.717, 1.165) is 17.1 Å². The van der Waals surface area contributed by atoms with Gasteiger partial charge in [-0.1, -0.05) is 30.3 Å². The third-order valence-electron chi connectivity index (χ3n) is 4.12. The smallest absolute Gasteiger partial charge is 0.237 e. The number of nitrogens with zero attached hydrogens (tertiary/aromatic N) is 3. The number of piperazine rings is 1. The monoisotopic (exact) mass is 374 g/mol. The Bertz CT molecular complexity index is 709. The summed E-state index contributed by atoms with van der Waals surface area (Å²) in [6.45, 7) is 2.52. The average Bonchev–Trinajstić information content (AvgIpc) is 3.16. The van der Waals surface area contributed by atoms with Crippen LogP contribution in [0.1, 0.15) is 12.0 Å². The Morgan fingerprint density at radius 3 is 2.96 bits per heavy atom. The minimum absolute atomic E-state index is 0.0840. The van der Waals surface area contributed by atoms with Crippen LogP contribution in [0.4, 0.5) is 0 Å². The molecule has 1 aromatic heterocycles. The van der Waals surface area contributed by atoms with E-state index < -0.39 is 6.04 Å². The highest BCUT2D eigenvalue weighted by atomic mass is 32.2. The molecule has 1 atom stereocenters. The lowest BCUT2D eigenvalue weighted by molar-refractivity contribution is -0.134. The maximum absolute atomic E-state index is 12.3. The molecule has 3 N–H and O–H groups in total. The van der Waals surface area contributed by atoms with Crippen molar-refractivity contribution in [2.45, 2.75) is 24.0 Å². The lowest BCUT2D eigenvalue weighted by atomic mass is 10.1. The molecule has 1 fully saturated rings. The molecule has 2 aromatic rings. The van der Waals surface area contributed by atoms with Crippen LogP contribution in [0.5, 0.6) is 0 Å². The minimum atomic E-state index is -0.438. The Labute approximate surface area is 156 Å².